The van der Waals surface area contributed by atoms with Gasteiger partial charge < -0.3 is 15.0 Å². The first-order valence-corrected chi connectivity index (χ1v) is 7.77. The molecule has 0 aliphatic carbocycles. The van der Waals surface area contributed by atoms with E-state index < -0.39 is 0 Å². The lowest BCUT2D eigenvalue weighted by molar-refractivity contribution is 0.0346. The Kier molecular flexibility index (Phi) is 6.61. The smallest absolute Gasteiger partial charge is 0.317 e. The Balaban J connectivity index is 1.96. The van der Waals surface area contributed by atoms with Crippen molar-refractivity contribution < 1.29 is 13.9 Å². The largest absolute Gasteiger partial charge is 0.379 e. The summed E-state index contributed by atoms with van der Waals surface area (Å²) in [5, 5.41) is 2.79. The highest BCUT2D eigenvalue weighted by atomic mass is 19.1. The SMILES string of the molecule is CCNC(=O)N(CCN1CCOCC1)Cc1ccccc1F. The van der Waals surface area contributed by atoms with Crippen LogP contribution >= 0.6 is 0 Å². The molecule has 5 nitrogen and oxygen atoms in total. The lowest BCUT2D eigenvalue weighted by atomic mass is 10.2. The molecule has 22 heavy (non-hydrogen) atoms. The van der Waals surface area contributed by atoms with Crippen molar-refractivity contribution >= 4 is 6.03 Å². The first-order valence-electron chi connectivity index (χ1n) is 7.77. The van der Waals surface area contributed by atoms with Crippen LogP contribution in [-0.2, 0) is 11.3 Å². The molecule has 1 heterocycles. The molecule has 1 aromatic carbocycles. The quantitative estimate of drug-likeness (QED) is 0.870. The predicted octanol–water partition coefficient (Wildman–Crippen LogP) is 1.69. The predicted molar refractivity (Wildman–Crippen MR) is 83.1 cm³/mol. The molecule has 0 aromatic heterocycles. The first-order chi connectivity index (χ1) is 10.7. The summed E-state index contributed by atoms with van der Waals surface area (Å²) in [6.07, 6.45) is 0. The number of carbonyl (C=O) groups excluding carboxylic acids is 1. The Bertz CT molecular complexity index is 478. The van der Waals surface area contributed by atoms with Crippen LogP contribution in [0.1, 0.15) is 12.5 Å². The van der Waals surface area contributed by atoms with Crippen LogP contribution in [0.5, 0.6) is 0 Å². The second-order valence-electron chi connectivity index (χ2n) is 5.30. The third-order valence-corrected chi connectivity index (χ3v) is 3.72. The number of morpholine rings is 1. The van der Waals surface area contributed by atoms with Crippen molar-refractivity contribution in [2.45, 2.75) is 13.5 Å². The molecule has 0 spiro atoms. The van der Waals surface area contributed by atoms with Gasteiger partial charge in [-0.05, 0) is 13.0 Å². The fourth-order valence-electron chi connectivity index (χ4n) is 2.43. The molecule has 6 heteroatoms. The van der Waals surface area contributed by atoms with Gasteiger partial charge >= 0.3 is 6.03 Å². The highest BCUT2D eigenvalue weighted by Crippen LogP contribution is 2.10. The van der Waals surface area contributed by atoms with E-state index in [1.54, 1.807) is 23.1 Å². The minimum absolute atomic E-state index is 0.154. The molecular weight excluding hydrogens is 285 g/mol. The van der Waals surface area contributed by atoms with Gasteiger partial charge in [-0.2, -0.15) is 0 Å². The van der Waals surface area contributed by atoms with Crippen LogP contribution in [0.2, 0.25) is 0 Å². The van der Waals surface area contributed by atoms with Gasteiger partial charge in [-0.25, -0.2) is 9.18 Å². The van der Waals surface area contributed by atoms with E-state index in [4.69, 9.17) is 4.74 Å². The van der Waals surface area contributed by atoms with Crippen LogP contribution < -0.4 is 5.32 Å². The van der Waals surface area contributed by atoms with E-state index in [2.05, 4.69) is 10.2 Å². The number of carbonyl (C=O) groups is 1. The molecule has 1 fully saturated rings. The van der Waals surface area contributed by atoms with Gasteiger partial charge in [-0.15, -0.1) is 0 Å². The second-order valence-corrected chi connectivity index (χ2v) is 5.30. The zero-order valence-corrected chi connectivity index (χ0v) is 13.1. The molecule has 1 aliphatic rings. The summed E-state index contributed by atoms with van der Waals surface area (Å²) in [4.78, 5) is 16.1. The average Bonchev–Trinajstić information content (AvgIpc) is 2.54. The van der Waals surface area contributed by atoms with E-state index in [1.807, 2.05) is 6.92 Å². The van der Waals surface area contributed by atoms with E-state index in [9.17, 15) is 9.18 Å². The Labute approximate surface area is 131 Å². The molecule has 1 saturated heterocycles. The summed E-state index contributed by atoms with van der Waals surface area (Å²) < 4.78 is 19.1. The van der Waals surface area contributed by atoms with Crippen LogP contribution in [0.25, 0.3) is 0 Å². The van der Waals surface area contributed by atoms with Crippen molar-refractivity contribution in [2.24, 2.45) is 0 Å². The molecule has 122 valence electrons. The average molecular weight is 309 g/mol. The van der Waals surface area contributed by atoms with Crippen LogP contribution in [0.4, 0.5) is 9.18 Å². The van der Waals surface area contributed by atoms with Gasteiger partial charge in [-0.1, -0.05) is 18.2 Å². The molecule has 2 amide bonds. The first kappa shape index (κ1) is 16.7. The third kappa shape index (κ3) is 4.96. The highest BCUT2D eigenvalue weighted by molar-refractivity contribution is 5.74. The topological polar surface area (TPSA) is 44.8 Å². The maximum Gasteiger partial charge on any atom is 0.317 e. The Hall–Kier alpha value is -1.66. The summed E-state index contributed by atoms with van der Waals surface area (Å²) in [7, 11) is 0. The van der Waals surface area contributed by atoms with E-state index in [0.717, 1.165) is 32.8 Å². The zero-order valence-electron chi connectivity index (χ0n) is 13.1. The minimum Gasteiger partial charge on any atom is -0.379 e. The number of urea groups is 1. The third-order valence-electron chi connectivity index (χ3n) is 3.72. The van der Waals surface area contributed by atoms with Crippen LogP contribution in [-0.4, -0.2) is 61.8 Å². The Morgan fingerprint density at radius 2 is 2.09 bits per heavy atom. The maximum atomic E-state index is 13.8. The number of halogens is 1. The van der Waals surface area contributed by atoms with Crippen molar-refractivity contribution in [1.82, 2.24) is 15.1 Å². The molecule has 0 saturated carbocycles. The Morgan fingerprint density at radius 3 is 2.77 bits per heavy atom. The van der Waals surface area contributed by atoms with Crippen molar-refractivity contribution in [3.8, 4) is 0 Å². The van der Waals surface area contributed by atoms with Crippen molar-refractivity contribution in [3.63, 3.8) is 0 Å². The van der Waals surface area contributed by atoms with Gasteiger partial charge in [0.2, 0.25) is 0 Å². The van der Waals surface area contributed by atoms with E-state index >= 15 is 0 Å². The molecule has 0 bridgehead atoms. The van der Waals surface area contributed by atoms with Crippen molar-refractivity contribution in [3.05, 3.63) is 35.6 Å². The summed E-state index contributed by atoms with van der Waals surface area (Å²) in [5.74, 6) is -0.275. The number of rotatable bonds is 6. The molecule has 1 aliphatic heterocycles. The van der Waals surface area contributed by atoms with Gasteiger partial charge in [0.1, 0.15) is 5.82 Å². The van der Waals surface area contributed by atoms with Gasteiger partial charge in [0.25, 0.3) is 0 Å². The maximum absolute atomic E-state index is 13.8. The van der Waals surface area contributed by atoms with E-state index in [0.29, 0.717) is 18.7 Å². The second kappa shape index (κ2) is 8.70. The number of amides is 2. The summed E-state index contributed by atoms with van der Waals surface area (Å²) in [6, 6.07) is 6.43. The molecule has 1 aromatic rings. The van der Waals surface area contributed by atoms with Gasteiger partial charge in [-0.3, -0.25) is 4.90 Å². The van der Waals surface area contributed by atoms with E-state index in [1.165, 1.54) is 6.07 Å². The van der Waals surface area contributed by atoms with Crippen LogP contribution in [0, 0.1) is 5.82 Å². The number of hydrogen-bond acceptors (Lipinski definition) is 3. The molecular formula is C16H24FN3O2. The van der Waals surface area contributed by atoms with Gasteiger partial charge in [0.15, 0.2) is 0 Å². The van der Waals surface area contributed by atoms with Crippen molar-refractivity contribution in [1.29, 1.82) is 0 Å². The fraction of sp³-hybridized carbons (Fsp3) is 0.562. The summed E-state index contributed by atoms with van der Waals surface area (Å²) in [5.41, 5.74) is 0.538. The summed E-state index contributed by atoms with van der Waals surface area (Å²) >= 11 is 0. The number of nitrogens with one attached hydrogen (secondary N) is 1. The minimum atomic E-state index is -0.275. The number of hydrogen-bond donors (Lipinski definition) is 1. The number of ether oxygens (including phenoxy) is 1. The molecule has 1 N–H and O–H groups in total. The summed E-state index contributed by atoms with van der Waals surface area (Å²) in [6.45, 7) is 7.28. The monoisotopic (exact) mass is 309 g/mol. The molecule has 0 atom stereocenters. The molecule has 0 radical (unpaired) electrons. The lowest BCUT2D eigenvalue weighted by Gasteiger charge is -2.30. The standard InChI is InChI=1S/C16H24FN3O2/c1-2-18-16(21)20(8-7-19-9-11-22-12-10-19)13-14-5-3-4-6-15(14)17/h3-6H,2,7-13H2,1H3,(H,18,21). The number of benzene rings is 1. The Morgan fingerprint density at radius 1 is 1.36 bits per heavy atom. The zero-order chi connectivity index (χ0) is 15.8. The van der Waals surface area contributed by atoms with Crippen LogP contribution in [0.15, 0.2) is 24.3 Å². The number of nitrogens with zero attached hydrogens (tertiary/aromatic N) is 2. The fourth-order valence-corrected chi connectivity index (χ4v) is 2.43. The van der Waals surface area contributed by atoms with Crippen LogP contribution in [0.3, 0.4) is 0 Å². The lowest BCUT2D eigenvalue weighted by Crippen LogP contribution is -2.45. The van der Waals surface area contributed by atoms with Crippen molar-refractivity contribution in [2.75, 3.05) is 45.9 Å². The van der Waals surface area contributed by atoms with Gasteiger partial charge in [0, 0.05) is 38.3 Å². The normalized spacial score (nSPS) is 15.5. The highest BCUT2D eigenvalue weighted by Gasteiger charge is 2.17. The van der Waals surface area contributed by atoms with Gasteiger partial charge in [0.05, 0.1) is 19.8 Å². The molecule has 2 rings (SSSR count). The van der Waals surface area contributed by atoms with E-state index in [-0.39, 0.29) is 18.4 Å². The molecule has 0 unspecified atom stereocenters.